The fourth-order valence-electron chi connectivity index (χ4n) is 3.70. The Labute approximate surface area is 240 Å². The Bertz CT molecular complexity index is 824. The second-order valence-electron chi connectivity index (χ2n) is 8.94. The third-order valence-corrected chi connectivity index (χ3v) is 5.80. The van der Waals surface area contributed by atoms with Crippen LogP contribution in [0.15, 0.2) is 24.3 Å². The van der Waals surface area contributed by atoms with Crippen molar-refractivity contribution < 1.29 is 61.7 Å². The van der Waals surface area contributed by atoms with Crippen LogP contribution in [0.5, 0.6) is 0 Å². The molecule has 0 saturated carbocycles. The lowest BCUT2D eigenvalue weighted by Crippen LogP contribution is -2.31. The van der Waals surface area contributed by atoms with E-state index in [2.05, 4.69) is 0 Å². The van der Waals surface area contributed by atoms with E-state index in [0.717, 1.165) is 0 Å². The molecule has 41 heavy (non-hydrogen) atoms. The third kappa shape index (κ3) is 14.5. The van der Waals surface area contributed by atoms with Gasteiger partial charge in [0.2, 0.25) is 0 Å². The molecule has 13 nitrogen and oxygen atoms in total. The van der Waals surface area contributed by atoms with Gasteiger partial charge in [0.15, 0.2) is 0 Å². The summed E-state index contributed by atoms with van der Waals surface area (Å²) < 4.78 is 60.8. The topological polar surface area (TPSA) is 136 Å². The monoisotopic (exact) mass is 586 g/mol. The van der Waals surface area contributed by atoms with E-state index in [9.17, 15) is 9.59 Å². The molecule has 2 heterocycles. The molecule has 232 valence electrons. The van der Waals surface area contributed by atoms with E-state index in [1.165, 1.54) is 12.1 Å². The maximum atomic E-state index is 13.0. The second-order valence-corrected chi connectivity index (χ2v) is 8.94. The molecule has 2 aliphatic heterocycles. The van der Waals surface area contributed by atoms with Crippen molar-refractivity contribution in [3.8, 4) is 0 Å². The van der Waals surface area contributed by atoms with Gasteiger partial charge in [-0.05, 0) is 12.1 Å². The Morgan fingerprint density at radius 1 is 0.512 bits per heavy atom. The smallest absolute Gasteiger partial charge is 0.339 e. The van der Waals surface area contributed by atoms with E-state index in [0.29, 0.717) is 85.9 Å². The Hall–Kier alpha value is -2.20. The van der Waals surface area contributed by atoms with E-state index < -0.39 is 24.1 Å². The molecule has 0 bridgehead atoms. The fraction of sp³-hybridized carbons (Fsp3) is 0.714. The quantitative estimate of drug-likeness (QED) is 0.438. The number of benzene rings is 1. The van der Waals surface area contributed by atoms with E-state index in [1.807, 2.05) is 0 Å². The number of rotatable bonds is 6. The van der Waals surface area contributed by atoms with Crippen LogP contribution in [0.4, 0.5) is 0 Å². The highest BCUT2D eigenvalue weighted by molar-refractivity contribution is 6.03. The van der Waals surface area contributed by atoms with E-state index in [4.69, 9.17) is 52.1 Å². The third-order valence-electron chi connectivity index (χ3n) is 5.80. The van der Waals surface area contributed by atoms with Crippen LogP contribution in [-0.4, -0.2) is 143 Å². The minimum Gasteiger partial charge on any atom is -0.459 e. The molecule has 2 aliphatic rings. The lowest BCUT2D eigenvalue weighted by molar-refractivity contribution is -0.0831. The Morgan fingerprint density at radius 2 is 0.829 bits per heavy atom. The summed E-state index contributed by atoms with van der Waals surface area (Å²) in [6, 6.07) is 6.30. The molecule has 2 atom stereocenters. The molecule has 2 unspecified atom stereocenters. The normalized spacial score (nSPS) is 23.5. The van der Waals surface area contributed by atoms with Crippen LogP contribution in [0.1, 0.15) is 20.7 Å². The molecule has 0 radical (unpaired) electrons. The first-order valence-electron chi connectivity index (χ1n) is 13.9. The van der Waals surface area contributed by atoms with Crippen molar-refractivity contribution in [3.05, 3.63) is 35.4 Å². The summed E-state index contributed by atoms with van der Waals surface area (Å²) >= 11 is 0. The summed E-state index contributed by atoms with van der Waals surface area (Å²) in [5, 5.41) is 0. The molecule has 13 heteroatoms. The number of carbonyl (C=O) groups is 2. The number of hydrogen-bond donors (Lipinski definition) is 0. The van der Waals surface area contributed by atoms with Crippen molar-refractivity contribution in [3.63, 3.8) is 0 Å². The minimum atomic E-state index is -0.684. The first kappa shape index (κ1) is 33.3. The average Bonchev–Trinajstić information content (AvgIpc) is 2.99. The predicted molar refractivity (Wildman–Crippen MR) is 142 cm³/mol. The highest BCUT2D eigenvalue weighted by atomic mass is 16.6. The average molecular weight is 587 g/mol. The standard InChI is InChI=1S/C28H42O13/c29-27(40-21-23-19-36-13-11-32-6-5-31-7-9-34-15-17-38-23)25-3-1-2-4-26(25)28(30)41-22-24-20-37-14-12-33-8-10-35-16-18-39-24/h1-4,23-24H,5-22H2. The maximum absolute atomic E-state index is 13.0. The molecule has 1 aromatic rings. The molecular formula is C28H42O13. The SMILES string of the molecule is O=C(OCC1COCCOCCOCCOCCO1)c1ccccc1C(=O)OCC1COCCOCCOCCO1. The first-order valence-corrected chi connectivity index (χ1v) is 13.9. The molecule has 0 N–H and O–H groups in total. The summed E-state index contributed by atoms with van der Waals surface area (Å²) in [5.41, 5.74) is 0.156. The van der Waals surface area contributed by atoms with Crippen LogP contribution >= 0.6 is 0 Å². The number of hydrogen-bond acceptors (Lipinski definition) is 13. The Morgan fingerprint density at radius 3 is 1.20 bits per heavy atom. The van der Waals surface area contributed by atoms with Crippen LogP contribution in [0.25, 0.3) is 0 Å². The molecule has 1 aromatic carbocycles. The van der Waals surface area contributed by atoms with Crippen LogP contribution < -0.4 is 0 Å². The Kier molecular flexibility index (Phi) is 17.5. The zero-order chi connectivity index (χ0) is 28.8. The molecule has 0 aromatic heterocycles. The highest BCUT2D eigenvalue weighted by Crippen LogP contribution is 2.13. The molecule has 2 saturated heterocycles. The van der Waals surface area contributed by atoms with Gasteiger partial charge in [0, 0.05) is 0 Å². The van der Waals surface area contributed by atoms with Crippen LogP contribution in [0, 0.1) is 0 Å². The van der Waals surface area contributed by atoms with Gasteiger partial charge < -0.3 is 52.1 Å². The molecule has 0 aliphatic carbocycles. The first-order chi connectivity index (χ1) is 20.2. The zero-order valence-corrected chi connectivity index (χ0v) is 23.5. The fourth-order valence-corrected chi connectivity index (χ4v) is 3.70. The predicted octanol–water partition coefficient (Wildman–Crippen LogP) is 0.914. The lowest BCUT2D eigenvalue weighted by Gasteiger charge is -2.20. The van der Waals surface area contributed by atoms with Crippen LogP contribution in [-0.2, 0) is 52.1 Å². The molecule has 0 spiro atoms. The van der Waals surface area contributed by atoms with Gasteiger partial charge in [0.1, 0.15) is 25.4 Å². The van der Waals surface area contributed by atoms with Crippen molar-refractivity contribution in [2.45, 2.75) is 12.2 Å². The second kappa shape index (κ2) is 21.5. The van der Waals surface area contributed by atoms with E-state index in [1.54, 1.807) is 12.1 Å². The lowest BCUT2D eigenvalue weighted by atomic mass is 10.1. The van der Waals surface area contributed by atoms with Crippen LogP contribution in [0.3, 0.4) is 0 Å². The summed E-state index contributed by atoms with van der Waals surface area (Å²) in [4.78, 5) is 25.9. The van der Waals surface area contributed by atoms with Crippen molar-refractivity contribution in [2.24, 2.45) is 0 Å². The van der Waals surface area contributed by atoms with Gasteiger partial charge in [-0.1, -0.05) is 12.1 Å². The van der Waals surface area contributed by atoms with Gasteiger partial charge in [-0.25, -0.2) is 9.59 Å². The van der Waals surface area contributed by atoms with Gasteiger partial charge >= 0.3 is 11.9 Å². The molecular weight excluding hydrogens is 544 g/mol. The number of ether oxygens (including phenoxy) is 11. The van der Waals surface area contributed by atoms with Crippen molar-refractivity contribution in [1.29, 1.82) is 0 Å². The maximum Gasteiger partial charge on any atom is 0.339 e. The van der Waals surface area contributed by atoms with Crippen molar-refractivity contribution in [1.82, 2.24) is 0 Å². The van der Waals surface area contributed by atoms with Gasteiger partial charge in [0.05, 0.1) is 117 Å². The number of esters is 2. The number of carbonyl (C=O) groups excluding carboxylic acids is 2. The zero-order valence-electron chi connectivity index (χ0n) is 23.5. The Balaban J connectivity index is 1.50. The van der Waals surface area contributed by atoms with Gasteiger partial charge in [0.25, 0.3) is 0 Å². The summed E-state index contributed by atoms with van der Waals surface area (Å²) in [5.74, 6) is -1.36. The van der Waals surface area contributed by atoms with Crippen molar-refractivity contribution >= 4 is 11.9 Å². The molecule has 0 amide bonds. The largest absolute Gasteiger partial charge is 0.459 e. The van der Waals surface area contributed by atoms with Crippen molar-refractivity contribution in [2.75, 3.05) is 119 Å². The minimum absolute atomic E-state index is 0.0613. The van der Waals surface area contributed by atoms with Gasteiger partial charge in [-0.2, -0.15) is 0 Å². The summed E-state index contributed by atoms with van der Waals surface area (Å²) in [6.45, 7) is 6.01. The van der Waals surface area contributed by atoms with E-state index in [-0.39, 0.29) is 44.2 Å². The van der Waals surface area contributed by atoms with Gasteiger partial charge in [-0.15, -0.1) is 0 Å². The van der Waals surface area contributed by atoms with Gasteiger partial charge in [-0.3, -0.25) is 0 Å². The molecule has 2 fully saturated rings. The summed E-state index contributed by atoms with van der Waals surface area (Å²) in [6.07, 6.45) is -1.03. The summed E-state index contributed by atoms with van der Waals surface area (Å²) in [7, 11) is 0. The molecule has 3 rings (SSSR count). The highest BCUT2D eigenvalue weighted by Gasteiger charge is 2.22. The van der Waals surface area contributed by atoms with E-state index >= 15 is 0 Å². The van der Waals surface area contributed by atoms with Crippen LogP contribution in [0.2, 0.25) is 0 Å².